The zero-order valence-corrected chi connectivity index (χ0v) is 29.7. The molecule has 0 bridgehead atoms. The molecular formula is C36H51N3O13. The number of benzene rings is 1. The van der Waals surface area contributed by atoms with E-state index in [-0.39, 0.29) is 42.0 Å². The number of piperidine rings is 1. The number of unbranched alkanes of at least 4 members (excludes halogenated alkanes) is 2. The summed E-state index contributed by atoms with van der Waals surface area (Å²) in [6.07, 6.45) is 7.54. The number of hydrogen-bond donors (Lipinski definition) is 2. The molecule has 1 unspecified atom stereocenters. The monoisotopic (exact) mass is 733 g/mol. The molecule has 16 nitrogen and oxygen atoms in total. The van der Waals surface area contributed by atoms with Gasteiger partial charge in [-0.1, -0.05) is 18.4 Å². The normalized spacial score (nSPS) is 15.5. The fraction of sp³-hybridized carbons (Fsp3) is 0.639. The molecule has 0 aliphatic carbocycles. The highest BCUT2D eigenvalue weighted by Crippen LogP contribution is 2.32. The van der Waals surface area contributed by atoms with Gasteiger partial charge in [0.2, 0.25) is 17.7 Å². The first kappa shape index (κ1) is 42.6. The smallest absolute Gasteiger partial charge is 0.264 e. The third-order valence-electron chi connectivity index (χ3n) is 7.72. The molecule has 1 saturated heterocycles. The number of carbonyl (C=O) groups excluding carboxylic acids is 5. The summed E-state index contributed by atoms with van der Waals surface area (Å²) in [5.74, 6) is -0.325. The summed E-state index contributed by atoms with van der Waals surface area (Å²) >= 11 is 0. The summed E-state index contributed by atoms with van der Waals surface area (Å²) in [4.78, 5) is 63.4. The van der Waals surface area contributed by atoms with E-state index in [4.69, 9.17) is 44.3 Å². The van der Waals surface area contributed by atoms with Crippen molar-refractivity contribution in [3.63, 3.8) is 0 Å². The van der Waals surface area contributed by atoms with Crippen molar-refractivity contribution in [2.45, 2.75) is 44.6 Å². The van der Waals surface area contributed by atoms with Crippen molar-refractivity contribution in [3.05, 3.63) is 29.3 Å². The molecule has 2 heterocycles. The Labute approximate surface area is 304 Å². The van der Waals surface area contributed by atoms with Gasteiger partial charge in [-0.2, -0.15) is 0 Å². The zero-order valence-electron chi connectivity index (χ0n) is 29.7. The number of fused-ring (bicyclic) bond motifs is 1. The first-order valence-electron chi connectivity index (χ1n) is 17.6. The van der Waals surface area contributed by atoms with Crippen LogP contribution in [0.2, 0.25) is 0 Å². The van der Waals surface area contributed by atoms with Gasteiger partial charge in [-0.05, 0) is 31.4 Å². The second kappa shape index (κ2) is 26.0. The Morgan fingerprint density at radius 2 is 1.23 bits per heavy atom. The van der Waals surface area contributed by atoms with E-state index in [9.17, 15) is 24.0 Å². The lowest BCUT2D eigenvalue weighted by Crippen LogP contribution is -2.54. The summed E-state index contributed by atoms with van der Waals surface area (Å²) in [6.45, 7) is 7.41. The maximum Gasteiger partial charge on any atom is 0.264 e. The number of anilines is 1. The van der Waals surface area contributed by atoms with Crippen LogP contribution in [-0.2, 0) is 52.3 Å². The number of rotatable bonds is 30. The average Bonchev–Trinajstić information content (AvgIpc) is 3.38. The summed E-state index contributed by atoms with van der Waals surface area (Å²) in [7, 11) is 0. The second-order valence-electron chi connectivity index (χ2n) is 11.6. The molecule has 1 aromatic carbocycles. The third kappa shape index (κ3) is 15.8. The molecule has 0 spiro atoms. The summed E-state index contributed by atoms with van der Waals surface area (Å²) in [5.41, 5.74) is 0.383. The van der Waals surface area contributed by atoms with E-state index in [1.165, 1.54) is 6.07 Å². The van der Waals surface area contributed by atoms with Crippen molar-refractivity contribution < 1.29 is 61.9 Å². The Bertz CT molecular complexity index is 1320. The Kier molecular flexibility index (Phi) is 21.4. The fourth-order valence-electron chi connectivity index (χ4n) is 5.17. The van der Waals surface area contributed by atoms with Crippen LogP contribution in [0.1, 0.15) is 59.2 Å². The average molecular weight is 734 g/mol. The number of terminal acetylenes is 1. The molecule has 3 rings (SSSR count). The van der Waals surface area contributed by atoms with Gasteiger partial charge in [0.05, 0.1) is 109 Å². The molecule has 0 aromatic heterocycles. The van der Waals surface area contributed by atoms with E-state index in [2.05, 4.69) is 16.6 Å². The van der Waals surface area contributed by atoms with Crippen LogP contribution in [0.4, 0.5) is 5.69 Å². The largest absolute Gasteiger partial charge is 0.379 e. The molecule has 1 atom stereocenters. The van der Waals surface area contributed by atoms with E-state index < -0.39 is 29.7 Å². The van der Waals surface area contributed by atoms with E-state index in [0.29, 0.717) is 112 Å². The summed E-state index contributed by atoms with van der Waals surface area (Å²) in [5, 5.41) is 4.90. The van der Waals surface area contributed by atoms with Crippen molar-refractivity contribution in [2.24, 2.45) is 0 Å². The number of amides is 5. The molecule has 5 amide bonds. The van der Waals surface area contributed by atoms with Gasteiger partial charge >= 0.3 is 0 Å². The minimum absolute atomic E-state index is 0.0292. The highest BCUT2D eigenvalue weighted by atomic mass is 16.6. The number of hydrogen-bond acceptors (Lipinski definition) is 13. The topological polar surface area (TPSA) is 186 Å². The van der Waals surface area contributed by atoms with Gasteiger partial charge in [0.1, 0.15) is 12.6 Å². The summed E-state index contributed by atoms with van der Waals surface area (Å²) in [6, 6.07) is 3.53. The molecule has 0 radical (unpaired) electrons. The van der Waals surface area contributed by atoms with Crippen LogP contribution >= 0.6 is 0 Å². The van der Waals surface area contributed by atoms with Gasteiger partial charge in [0.15, 0.2) is 0 Å². The fourth-order valence-corrected chi connectivity index (χ4v) is 5.17. The third-order valence-corrected chi connectivity index (χ3v) is 7.72. The quantitative estimate of drug-likeness (QED) is 0.0657. The highest BCUT2D eigenvalue weighted by molar-refractivity contribution is 6.26. The van der Waals surface area contributed by atoms with Gasteiger partial charge in [-0.3, -0.25) is 34.2 Å². The molecule has 16 heteroatoms. The van der Waals surface area contributed by atoms with Crippen LogP contribution in [0.3, 0.4) is 0 Å². The first-order valence-corrected chi connectivity index (χ1v) is 17.6. The molecule has 2 N–H and O–H groups in total. The van der Waals surface area contributed by atoms with Gasteiger partial charge in [-0.25, -0.2) is 0 Å². The van der Waals surface area contributed by atoms with Gasteiger partial charge in [0, 0.05) is 19.4 Å². The van der Waals surface area contributed by atoms with E-state index in [1.54, 1.807) is 12.1 Å². The highest BCUT2D eigenvalue weighted by Gasteiger charge is 2.45. The number of imide groups is 2. The number of ether oxygens (including phenoxy) is 8. The van der Waals surface area contributed by atoms with Crippen molar-refractivity contribution in [1.29, 1.82) is 0 Å². The van der Waals surface area contributed by atoms with Crippen LogP contribution in [-0.4, -0.2) is 146 Å². The second-order valence-corrected chi connectivity index (χ2v) is 11.6. The van der Waals surface area contributed by atoms with Crippen LogP contribution in [0, 0.1) is 12.3 Å². The lowest BCUT2D eigenvalue weighted by molar-refractivity contribution is -0.136. The first-order chi connectivity index (χ1) is 25.4. The van der Waals surface area contributed by atoms with Crippen LogP contribution < -0.4 is 10.6 Å². The molecular weight excluding hydrogens is 682 g/mol. The Balaban J connectivity index is 1.08. The molecule has 52 heavy (non-hydrogen) atoms. The SMILES string of the molecule is C#CCOCCOCCOCCOCCOCCOCCOCCOCCCCCC(=O)Nc1cccc2c1C(=O)N(C1CCC(=O)NC1=O)C2=O. The maximum atomic E-state index is 13.2. The van der Waals surface area contributed by atoms with Crippen molar-refractivity contribution in [2.75, 3.05) is 111 Å². The summed E-state index contributed by atoms with van der Waals surface area (Å²) < 4.78 is 43.3. The van der Waals surface area contributed by atoms with E-state index in [1.807, 2.05) is 0 Å². The Morgan fingerprint density at radius 1 is 0.712 bits per heavy atom. The molecule has 2 aliphatic rings. The lowest BCUT2D eigenvalue weighted by Gasteiger charge is -2.27. The van der Waals surface area contributed by atoms with Crippen LogP contribution in [0.25, 0.3) is 0 Å². The Morgan fingerprint density at radius 3 is 1.75 bits per heavy atom. The number of carbonyl (C=O) groups is 5. The Hall–Kier alpha value is -3.79. The molecule has 2 aliphatic heterocycles. The minimum atomic E-state index is -1.07. The zero-order chi connectivity index (χ0) is 37.2. The maximum absolute atomic E-state index is 13.2. The molecule has 0 saturated carbocycles. The predicted octanol–water partition coefficient (Wildman–Crippen LogP) is 1.35. The molecule has 1 aromatic rings. The van der Waals surface area contributed by atoms with Crippen molar-refractivity contribution in [1.82, 2.24) is 10.2 Å². The lowest BCUT2D eigenvalue weighted by atomic mass is 10.0. The van der Waals surface area contributed by atoms with Gasteiger partial charge in [-0.15, -0.1) is 6.42 Å². The van der Waals surface area contributed by atoms with Crippen molar-refractivity contribution in [3.8, 4) is 12.3 Å². The minimum Gasteiger partial charge on any atom is -0.379 e. The standard InChI is InChI=1S/C36H51N3O13/c1-2-12-45-14-16-47-18-20-49-22-24-51-26-27-52-25-23-50-21-19-48-17-15-46-13-5-3-4-9-31(40)37-29-8-6-7-28-33(29)36(44)39(35(28)43)30-10-11-32(41)38-34(30)42/h1,6-8,30H,3-5,9-27H2,(H,37,40)(H,38,41,42). The van der Waals surface area contributed by atoms with Gasteiger partial charge in [0.25, 0.3) is 11.8 Å². The molecule has 1 fully saturated rings. The van der Waals surface area contributed by atoms with E-state index in [0.717, 1.165) is 17.7 Å². The number of nitrogens with one attached hydrogen (secondary N) is 2. The van der Waals surface area contributed by atoms with Gasteiger partial charge < -0.3 is 43.2 Å². The molecule has 288 valence electrons. The van der Waals surface area contributed by atoms with Crippen LogP contribution in [0.15, 0.2) is 18.2 Å². The van der Waals surface area contributed by atoms with Crippen molar-refractivity contribution >= 4 is 35.2 Å². The van der Waals surface area contributed by atoms with Crippen LogP contribution in [0.5, 0.6) is 0 Å². The van der Waals surface area contributed by atoms with E-state index >= 15 is 0 Å². The number of nitrogens with zero attached hydrogens (tertiary/aromatic N) is 1. The predicted molar refractivity (Wildman–Crippen MR) is 186 cm³/mol.